The van der Waals surface area contributed by atoms with Gasteiger partial charge < -0.3 is 10.2 Å². The van der Waals surface area contributed by atoms with Crippen molar-refractivity contribution in [3.63, 3.8) is 0 Å². The van der Waals surface area contributed by atoms with Crippen LogP contribution in [0.5, 0.6) is 5.75 Å². The lowest BCUT2D eigenvalue weighted by Crippen LogP contribution is -2.42. The number of carbonyl (C=O) groups is 1. The van der Waals surface area contributed by atoms with Crippen LogP contribution in [-0.4, -0.2) is 16.2 Å². The molecule has 0 heterocycles. The molecule has 0 unspecified atom stereocenters. The first-order valence-electron chi connectivity index (χ1n) is 6.85. The monoisotopic (exact) mass is 262 g/mol. The van der Waals surface area contributed by atoms with Crippen LogP contribution < -0.4 is 0 Å². The lowest BCUT2D eigenvalue weighted by Gasteiger charge is -2.48. The minimum Gasteiger partial charge on any atom is -0.507 e. The van der Waals surface area contributed by atoms with Crippen LogP contribution in [-0.2, 0) is 5.41 Å². The zero-order valence-corrected chi connectivity index (χ0v) is 11.9. The van der Waals surface area contributed by atoms with Crippen molar-refractivity contribution in [1.82, 2.24) is 0 Å². The van der Waals surface area contributed by atoms with Gasteiger partial charge in [0, 0.05) is 0 Å². The molecular formula is C16H22O3. The van der Waals surface area contributed by atoms with Crippen LogP contribution in [0.3, 0.4) is 0 Å². The standard InChI is InChI=1S/C16H22O3/c1-15(2)8-4-5-9-16(15,3)11-6-7-12(14(18)19)13(17)10-11/h6-7,10,17H,4-5,8-9H2,1-3H3,(H,18,19)/t16-/m1/s1. The number of aromatic carboxylic acids is 1. The Morgan fingerprint density at radius 1 is 1.16 bits per heavy atom. The van der Waals surface area contributed by atoms with Gasteiger partial charge in [-0.1, -0.05) is 39.7 Å². The maximum Gasteiger partial charge on any atom is 0.339 e. The minimum absolute atomic E-state index is 0.0141. The third kappa shape index (κ3) is 2.22. The molecule has 1 aromatic rings. The Bertz CT molecular complexity index is 505. The van der Waals surface area contributed by atoms with Gasteiger partial charge in [0.2, 0.25) is 0 Å². The molecule has 0 aromatic heterocycles. The summed E-state index contributed by atoms with van der Waals surface area (Å²) < 4.78 is 0. The Balaban J connectivity index is 2.46. The van der Waals surface area contributed by atoms with Crippen LogP contribution in [0.25, 0.3) is 0 Å². The van der Waals surface area contributed by atoms with Crippen LogP contribution in [0, 0.1) is 5.41 Å². The zero-order chi connectivity index (χ0) is 14.3. The van der Waals surface area contributed by atoms with Gasteiger partial charge in [0.1, 0.15) is 11.3 Å². The van der Waals surface area contributed by atoms with E-state index in [1.54, 1.807) is 6.07 Å². The first-order chi connectivity index (χ1) is 8.78. The highest BCUT2D eigenvalue weighted by Crippen LogP contribution is 2.52. The number of hydrogen-bond acceptors (Lipinski definition) is 2. The Labute approximate surface area is 114 Å². The van der Waals surface area contributed by atoms with Gasteiger partial charge in [-0.15, -0.1) is 0 Å². The Morgan fingerprint density at radius 3 is 2.32 bits per heavy atom. The Hall–Kier alpha value is -1.51. The van der Waals surface area contributed by atoms with E-state index in [0.717, 1.165) is 18.4 Å². The van der Waals surface area contributed by atoms with E-state index in [0.29, 0.717) is 0 Å². The fraction of sp³-hybridized carbons (Fsp3) is 0.562. The fourth-order valence-corrected chi connectivity index (χ4v) is 3.25. The largest absolute Gasteiger partial charge is 0.507 e. The minimum atomic E-state index is -1.09. The summed E-state index contributed by atoms with van der Waals surface area (Å²) in [5.74, 6) is -1.22. The number of aromatic hydroxyl groups is 1. The van der Waals surface area contributed by atoms with Crippen molar-refractivity contribution in [2.24, 2.45) is 5.41 Å². The van der Waals surface area contributed by atoms with Gasteiger partial charge in [0.25, 0.3) is 0 Å². The second kappa shape index (κ2) is 4.55. The number of rotatable bonds is 2. The first kappa shape index (κ1) is 13.9. The van der Waals surface area contributed by atoms with E-state index in [9.17, 15) is 9.90 Å². The zero-order valence-electron chi connectivity index (χ0n) is 11.9. The van der Waals surface area contributed by atoms with Gasteiger partial charge in [0.15, 0.2) is 0 Å². The molecule has 0 aliphatic heterocycles. The van der Waals surface area contributed by atoms with E-state index >= 15 is 0 Å². The van der Waals surface area contributed by atoms with Gasteiger partial charge in [-0.25, -0.2) is 4.79 Å². The van der Waals surface area contributed by atoms with Crippen LogP contribution in [0.2, 0.25) is 0 Å². The molecule has 0 bridgehead atoms. The molecule has 1 aromatic carbocycles. The summed E-state index contributed by atoms with van der Waals surface area (Å²) in [4.78, 5) is 11.0. The lowest BCUT2D eigenvalue weighted by atomic mass is 9.56. The average Bonchev–Trinajstić information content (AvgIpc) is 2.32. The molecule has 1 fully saturated rings. The summed E-state index contributed by atoms with van der Waals surface area (Å²) in [6.07, 6.45) is 4.65. The number of hydrogen-bond donors (Lipinski definition) is 2. The van der Waals surface area contributed by atoms with Crippen molar-refractivity contribution < 1.29 is 15.0 Å². The van der Waals surface area contributed by atoms with Crippen molar-refractivity contribution in [1.29, 1.82) is 0 Å². The summed E-state index contributed by atoms with van der Waals surface area (Å²) in [6, 6.07) is 5.01. The van der Waals surface area contributed by atoms with Crippen LogP contribution in [0.15, 0.2) is 18.2 Å². The molecule has 1 aliphatic carbocycles. The second-order valence-corrected chi connectivity index (χ2v) is 6.46. The number of phenols is 1. The van der Waals surface area contributed by atoms with Crippen molar-refractivity contribution >= 4 is 5.97 Å². The molecule has 1 atom stereocenters. The van der Waals surface area contributed by atoms with Gasteiger partial charge in [-0.3, -0.25) is 0 Å². The Morgan fingerprint density at radius 2 is 1.79 bits per heavy atom. The Kier molecular flexibility index (Phi) is 3.33. The fourth-order valence-electron chi connectivity index (χ4n) is 3.25. The maximum atomic E-state index is 11.0. The smallest absolute Gasteiger partial charge is 0.339 e. The molecule has 0 spiro atoms. The molecule has 3 heteroatoms. The highest BCUT2D eigenvalue weighted by atomic mass is 16.4. The predicted molar refractivity (Wildman–Crippen MR) is 74.7 cm³/mol. The van der Waals surface area contributed by atoms with E-state index in [1.807, 2.05) is 6.07 Å². The second-order valence-electron chi connectivity index (χ2n) is 6.46. The quantitative estimate of drug-likeness (QED) is 0.848. The van der Waals surface area contributed by atoms with E-state index in [4.69, 9.17) is 5.11 Å². The number of carboxylic acids is 1. The molecular weight excluding hydrogens is 240 g/mol. The van der Waals surface area contributed by atoms with Crippen molar-refractivity contribution in [3.05, 3.63) is 29.3 Å². The summed E-state index contributed by atoms with van der Waals surface area (Å²) in [7, 11) is 0. The molecule has 2 rings (SSSR count). The summed E-state index contributed by atoms with van der Waals surface area (Å²) in [5, 5.41) is 18.9. The highest BCUT2D eigenvalue weighted by molar-refractivity contribution is 5.90. The predicted octanol–water partition coefficient (Wildman–Crippen LogP) is 3.95. The summed E-state index contributed by atoms with van der Waals surface area (Å²) >= 11 is 0. The molecule has 1 aliphatic rings. The molecule has 0 saturated heterocycles. The topological polar surface area (TPSA) is 57.5 Å². The van der Waals surface area contributed by atoms with Crippen LogP contribution in [0.1, 0.15) is 62.4 Å². The summed E-state index contributed by atoms with van der Waals surface area (Å²) in [5.41, 5.74) is 1.16. The molecule has 104 valence electrons. The lowest BCUT2D eigenvalue weighted by molar-refractivity contribution is 0.0693. The van der Waals surface area contributed by atoms with Crippen LogP contribution >= 0.6 is 0 Å². The summed E-state index contributed by atoms with van der Waals surface area (Å²) in [6.45, 7) is 6.74. The number of benzene rings is 1. The maximum absolute atomic E-state index is 11.0. The number of carboxylic acid groups (broad SMARTS) is 1. The molecule has 3 nitrogen and oxygen atoms in total. The molecule has 0 radical (unpaired) electrons. The van der Waals surface area contributed by atoms with E-state index < -0.39 is 5.97 Å². The van der Waals surface area contributed by atoms with Gasteiger partial charge in [-0.05, 0) is 41.4 Å². The van der Waals surface area contributed by atoms with Gasteiger partial charge >= 0.3 is 5.97 Å². The third-order valence-corrected chi connectivity index (χ3v) is 5.09. The van der Waals surface area contributed by atoms with Crippen molar-refractivity contribution in [2.45, 2.75) is 51.9 Å². The average molecular weight is 262 g/mol. The SMILES string of the molecule is CC1(C)CCCC[C@]1(C)c1ccc(C(=O)O)c(O)c1. The molecule has 1 saturated carbocycles. The van der Waals surface area contributed by atoms with Crippen molar-refractivity contribution in [2.75, 3.05) is 0 Å². The first-order valence-corrected chi connectivity index (χ1v) is 6.85. The molecule has 2 N–H and O–H groups in total. The van der Waals surface area contributed by atoms with E-state index in [-0.39, 0.29) is 22.1 Å². The van der Waals surface area contributed by atoms with Gasteiger partial charge in [-0.2, -0.15) is 0 Å². The van der Waals surface area contributed by atoms with E-state index in [2.05, 4.69) is 20.8 Å². The highest BCUT2D eigenvalue weighted by Gasteiger charge is 2.44. The van der Waals surface area contributed by atoms with Crippen LogP contribution in [0.4, 0.5) is 0 Å². The van der Waals surface area contributed by atoms with Gasteiger partial charge in [0.05, 0.1) is 0 Å². The van der Waals surface area contributed by atoms with Crippen molar-refractivity contribution in [3.8, 4) is 5.75 Å². The third-order valence-electron chi connectivity index (χ3n) is 5.09. The molecule has 19 heavy (non-hydrogen) atoms. The molecule has 0 amide bonds. The normalized spacial score (nSPS) is 26.1. The van der Waals surface area contributed by atoms with E-state index in [1.165, 1.54) is 18.9 Å².